The van der Waals surface area contributed by atoms with Crippen LogP contribution in [-0.4, -0.2) is 32.7 Å². The Bertz CT molecular complexity index is 674. The maximum Gasteiger partial charge on any atom is 0.339 e. The molecular formula is C15H18N4O3. The standard InChI is InChI=1S/C15H18N4O3/c1-9(2)8-17-15-16-6-5-13(19-15)18-10-3-4-12(20)11(7-10)14(21)22/h3-7,9,20H,8H2,1-2H3,(H,21,22)(H2,16,17,18,19). The van der Waals surface area contributed by atoms with E-state index in [4.69, 9.17) is 5.11 Å². The summed E-state index contributed by atoms with van der Waals surface area (Å²) < 4.78 is 0. The van der Waals surface area contributed by atoms with Crippen LogP contribution in [0.15, 0.2) is 30.5 Å². The van der Waals surface area contributed by atoms with Gasteiger partial charge in [0.25, 0.3) is 0 Å². The lowest BCUT2D eigenvalue weighted by atomic mass is 10.2. The van der Waals surface area contributed by atoms with Gasteiger partial charge in [0.2, 0.25) is 5.95 Å². The minimum atomic E-state index is -1.19. The first-order valence-electron chi connectivity index (χ1n) is 6.86. The molecule has 1 aromatic heterocycles. The number of aromatic hydroxyl groups is 1. The van der Waals surface area contributed by atoms with E-state index >= 15 is 0 Å². The fraction of sp³-hybridized carbons (Fsp3) is 0.267. The molecule has 2 aromatic rings. The van der Waals surface area contributed by atoms with Crippen LogP contribution in [0.2, 0.25) is 0 Å². The van der Waals surface area contributed by atoms with E-state index < -0.39 is 5.97 Å². The fourth-order valence-electron chi connectivity index (χ4n) is 1.74. The maximum atomic E-state index is 11.0. The molecule has 0 bridgehead atoms. The molecule has 0 saturated carbocycles. The molecule has 1 heterocycles. The lowest BCUT2D eigenvalue weighted by Crippen LogP contribution is -2.11. The van der Waals surface area contributed by atoms with Crippen LogP contribution in [0.4, 0.5) is 17.5 Å². The molecular weight excluding hydrogens is 284 g/mol. The Kier molecular flexibility index (Phi) is 4.77. The first kappa shape index (κ1) is 15.6. The number of aromatic nitrogens is 2. The number of rotatable bonds is 6. The summed E-state index contributed by atoms with van der Waals surface area (Å²) in [5.74, 6) is 0.0258. The minimum absolute atomic E-state index is 0.169. The van der Waals surface area contributed by atoms with Gasteiger partial charge in [0.05, 0.1) is 0 Å². The Morgan fingerprint density at radius 1 is 1.32 bits per heavy atom. The number of nitrogens with one attached hydrogen (secondary N) is 2. The Balaban J connectivity index is 2.15. The van der Waals surface area contributed by atoms with Crippen molar-refractivity contribution in [3.8, 4) is 5.75 Å². The molecule has 0 fully saturated rings. The van der Waals surface area contributed by atoms with Crippen molar-refractivity contribution in [2.45, 2.75) is 13.8 Å². The summed E-state index contributed by atoms with van der Waals surface area (Å²) in [6.45, 7) is 4.92. The fourth-order valence-corrected chi connectivity index (χ4v) is 1.74. The van der Waals surface area contributed by atoms with Crippen LogP contribution < -0.4 is 10.6 Å². The van der Waals surface area contributed by atoms with Crippen LogP contribution >= 0.6 is 0 Å². The number of carbonyl (C=O) groups is 1. The van der Waals surface area contributed by atoms with Crippen LogP contribution in [0.1, 0.15) is 24.2 Å². The van der Waals surface area contributed by atoms with Crippen molar-refractivity contribution in [1.82, 2.24) is 9.97 Å². The molecule has 0 atom stereocenters. The second kappa shape index (κ2) is 6.75. The zero-order chi connectivity index (χ0) is 16.1. The third kappa shape index (κ3) is 4.08. The molecule has 0 spiro atoms. The smallest absolute Gasteiger partial charge is 0.339 e. The minimum Gasteiger partial charge on any atom is -0.507 e. The predicted molar refractivity (Wildman–Crippen MR) is 83.7 cm³/mol. The van der Waals surface area contributed by atoms with Gasteiger partial charge in [0.15, 0.2) is 0 Å². The van der Waals surface area contributed by atoms with E-state index in [2.05, 4.69) is 34.4 Å². The van der Waals surface area contributed by atoms with E-state index in [1.54, 1.807) is 18.3 Å². The average molecular weight is 302 g/mol. The quantitative estimate of drug-likeness (QED) is 0.608. The summed E-state index contributed by atoms with van der Waals surface area (Å²) in [7, 11) is 0. The number of hydrogen-bond acceptors (Lipinski definition) is 6. The highest BCUT2D eigenvalue weighted by Gasteiger charge is 2.10. The molecule has 116 valence electrons. The van der Waals surface area contributed by atoms with Gasteiger partial charge in [-0.05, 0) is 30.2 Å². The van der Waals surface area contributed by atoms with Gasteiger partial charge in [-0.3, -0.25) is 0 Å². The summed E-state index contributed by atoms with van der Waals surface area (Å²) in [6, 6.07) is 5.92. The molecule has 0 amide bonds. The van der Waals surface area contributed by atoms with Crippen molar-refractivity contribution in [2.24, 2.45) is 5.92 Å². The highest BCUT2D eigenvalue weighted by Crippen LogP contribution is 2.23. The predicted octanol–water partition coefficient (Wildman–Crippen LogP) is 2.69. The van der Waals surface area contributed by atoms with Crippen LogP contribution in [0.5, 0.6) is 5.75 Å². The average Bonchev–Trinajstić information content (AvgIpc) is 2.47. The number of nitrogens with zero attached hydrogens (tertiary/aromatic N) is 2. The summed E-state index contributed by atoms with van der Waals surface area (Å²) in [6.07, 6.45) is 1.61. The van der Waals surface area contributed by atoms with E-state index in [1.165, 1.54) is 12.1 Å². The van der Waals surface area contributed by atoms with Gasteiger partial charge in [-0.15, -0.1) is 0 Å². The Morgan fingerprint density at radius 3 is 2.77 bits per heavy atom. The second-order valence-electron chi connectivity index (χ2n) is 5.20. The van der Waals surface area contributed by atoms with Crippen LogP contribution in [-0.2, 0) is 0 Å². The number of benzene rings is 1. The molecule has 4 N–H and O–H groups in total. The number of aromatic carboxylic acids is 1. The molecule has 0 unspecified atom stereocenters. The molecule has 0 aliphatic carbocycles. The SMILES string of the molecule is CC(C)CNc1nccc(Nc2ccc(O)c(C(=O)O)c2)n1. The van der Waals surface area contributed by atoms with Crippen molar-refractivity contribution in [1.29, 1.82) is 0 Å². The summed E-state index contributed by atoms with van der Waals surface area (Å²) in [5.41, 5.74) is 0.348. The normalized spacial score (nSPS) is 10.5. The first-order chi connectivity index (χ1) is 10.5. The largest absolute Gasteiger partial charge is 0.507 e. The summed E-state index contributed by atoms with van der Waals surface area (Å²) in [5, 5.41) is 24.6. The summed E-state index contributed by atoms with van der Waals surface area (Å²) in [4.78, 5) is 19.4. The number of hydrogen-bond donors (Lipinski definition) is 4. The molecule has 0 radical (unpaired) electrons. The van der Waals surface area contributed by atoms with Crippen LogP contribution in [0.25, 0.3) is 0 Å². The lowest BCUT2D eigenvalue weighted by molar-refractivity contribution is 0.0694. The van der Waals surface area contributed by atoms with E-state index in [0.29, 0.717) is 23.4 Å². The third-order valence-corrected chi connectivity index (χ3v) is 2.82. The van der Waals surface area contributed by atoms with Gasteiger partial charge in [0.1, 0.15) is 17.1 Å². The topological polar surface area (TPSA) is 107 Å². The zero-order valence-electron chi connectivity index (χ0n) is 12.4. The molecule has 0 aliphatic heterocycles. The van der Waals surface area contributed by atoms with Crippen molar-refractivity contribution < 1.29 is 15.0 Å². The number of carboxylic acids is 1. The van der Waals surface area contributed by atoms with Crippen molar-refractivity contribution in [3.63, 3.8) is 0 Å². The highest BCUT2D eigenvalue weighted by molar-refractivity contribution is 5.92. The van der Waals surface area contributed by atoms with E-state index in [9.17, 15) is 9.90 Å². The molecule has 0 saturated heterocycles. The Morgan fingerprint density at radius 2 is 2.09 bits per heavy atom. The number of phenols is 1. The van der Waals surface area contributed by atoms with Gasteiger partial charge < -0.3 is 20.8 Å². The molecule has 22 heavy (non-hydrogen) atoms. The zero-order valence-corrected chi connectivity index (χ0v) is 12.4. The van der Waals surface area contributed by atoms with Crippen LogP contribution in [0, 0.1) is 5.92 Å². The maximum absolute atomic E-state index is 11.0. The lowest BCUT2D eigenvalue weighted by Gasteiger charge is -2.10. The molecule has 2 rings (SSSR count). The summed E-state index contributed by atoms with van der Waals surface area (Å²) >= 11 is 0. The van der Waals surface area contributed by atoms with Crippen molar-refractivity contribution >= 4 is 23.4 Å². The van der Waals surface area contributed by atoms with E-state index in [-0.39, 0.29) is 11.3 Å². The van der Waals surface area contributed by atoms with Crippen molar-refractivity contribution in [3.05, 3.63) is 36.0 Å². The second-order valence-corrected chi connectivity index (χ2v) is 5.20. The van der Waals surface area contributed by atoms with Gasteiger partial charge in [-0.25, -0.2) is 9.78 Å². The van der Waals surface area contributed by atoms with Crippen molar-refractivity contribution in [2.75, 3.05) is 17.2 Å². The monoisotopic (exact) mass is 302 g/mol. The molecule has 7 heteroatoms. The molecule has 0 aliphatic rings. The molecule has 1 aromatic carbocycles. The Hall–Kier alpha value is -2.83. The van der Waals surface area contributed by atoms with Gasteiger partial charge in [-0.2, -0.15) is 4.98 Å². The number of carboxylic acid groups (broad SMARTS) is 1. The van der Waals surface area contributed by atoms with Gasteiger partial charge in [0, 0.05) is 18.4 Å². The third-order valence-electron chi connectivity index (χ3n) is 2.82. The Labute approximate surface area is 128 Å². The first-order valence-corrected chi connectivity index (χ1v) is 6.86. The van der Waals surface area contributed by atoms with E-state index in [1.807, 2.05) is 0 Å². The van der Waals surface area contributed by atoms with Gasteiger partial charge in [-0.1, -0.05) is 13.8 Å². The van der Waals surface area contributed by atoms with Crippen LogP contribution in [0.3, 0.4) is 0 Å². The number of anilines is 3. The highest BCUT2D eigenvalue weighted by atomic mass is 16.4. The molecule has 7 nitrogen and oxygen atoms in total. The van der Waals surface area contributed by atoms with Gasteiger partial charge >= 0.3 is 5.97 Å². The van der Waals surface area contributed by atoms with E-state index in [0.717, 1.165) is 6.54 Å².